The van der Waals surface area contributed by atoms with Gasteiger partial charge in [-0.25, -0.2) is 4.39 Å². The molecule has 1 unspecified atom stereocenters. The summed E-state index contributed by atoms with van der Waals surface area (Å²) in [6.45, 7) is 4.01. The van der Waals surface area contributed by atoms with Crippen LogP contribution in [0.4, 0.5) is 4.39 Å². The molecule has 1 atom stereocenters. The van der Waals surface area contributed by atoms with Crippen LogP contribution in [0.2, 0.25) is 0 Å². The summed E-state index contributed by atoms with van der Waals surface area (Å²) in [6.07, 6.45) is 0.737. The normalized spacial score (nSPS) is 12.3. The van der Waals surface area contributed by atoms with Crippen LogP contribution in [-0.2, 0) is 31.0 Å². The van der Waals surface area contributed by atoms with Gasteiger partial charge in [-0.3, -0.25) is 4.79 Å². The molecule has 1 amide bonds. The van der Waals surface area contributed by atoms with Crippen molar-refractivity contribution in [3.05, 3.63) is 46.2 Å². The van der Waals surface area contributed by atoms with E-state index in [0.29, 0.717) is 24.4 Å². The van der Waals surface area contributed by atoms with Crippen LogP contribution in [0.1, 0.15) is 24.7 Å². The Bertz CT molecular complexity index is 753. The van der Waals surface area contributed by atoms with Gasteiger partial charge in [0.05, 0.1) is 7.05 Å². The van der Waals surface area contributed by atoms with Gasteiger partial charge in [-0.2, -0.15) is 9.78 Å². The SMILES string of the molecule is CCn1c(CCC(N)=O)nn(C[NH+](C)Cc2ccc(F)cc2)c1=S. The fourth-order valence-corrected chi connectivity index (χ4v) is 2.93. The van der Waals surface area contributed by atoms with Gasteiger partial charge < -0.3 is 15.2 Å². The Kier molecular flexibility index (Phi) is 6.22. The number of rotatable bonds is 8. The summed E-state index contributed by atoms with van der Waals surface area (Å²) < 4.78 is 17.3. The lowest BCUT2D eigenvalue weighted by Gasteiger charge is -2.13. The Labute approximate surface area is 145 Å². The molecule has 0 bridgehead atoms. The molecule has 3 N–H and O–H groups in total. The summed E-state index contributed by atoms with van der Waals surface area (Å²) in [5, 5.41) is 4.54. The first-order chi connectivity index (χ1) is 11.4. The molecular weight excluding hydrogens is 329 g/mol. The maximum Gasteiger partial charge on any atom is 0.217 e. The standard InChI is InChI=1S/C16H22FN5OS/c1-3-21-15(9-8-14(18)23)19-22(16(21)24)11-20(2)10-12-4-6-13(17)7-5-12/h4-7H,3,8-11H2,1-2H3,(H2,18,23)/p+1. The first-order valence-electron chi connectivity index (χ1n) is 7.91. The maximum absolute atomic E-state index is 13.0. The average molecular weight is 352 g/mol. The second-order valence-corrected chi connectivity index (χ2v) is 6.19. The number of nitrogens with one attached hydrogen (secondary N) is 1. The Balaban J connectivity index is 2.09. The minimum atomic E-state index is -0.350. The molecule has 1 aromatic heterocycles. The highest BCUT2D eigenvalue weighted by Gasteiger charge is 2.13. The van der Waals surface area contributed by atoms with E-state index in [1.807, 2.05) is 18.5 Å². The molecular formula is C16H23FN5OS+. The molecule has 1 aromatic carbocycles. The smallest absolute Gasteiger partial charge is 0.217 e. The van der Waals surface area contributed by atoms with Gasteiger partial charge in [0, 0.05) is 24.9 Å². The number of quaternary nitrogens is 1. The zero-order valence-electron chi connectivity index (χ0n) is 14.0. The van der Waals surface area contributed by atoms with Crippen molar-refractivity contribution < 1.29 is 14.1 Å². The van der Waals surface area contributed by atoms with E-state index in [-0.39, 0.29) is 18.1 Å². The van der Waals surface area contributed by atoms with Gasteiger partial charge in [-0.05, 0) is 31.3 Å². The molecule has 6 nitrogen and oxygen atoms in total. The number of nitrogens with zero attached hydrogens (tertiary/aromatic N) is 3. The van der Waals surface area contributed by atoms with Gasteiger partial charge in [-0.1, -0.05) is 12.1 Å². The number of hydrogen-bond donors (Lipinski definition) is 2. The van der Waals surface area contributed by atoms with Crippen LogP contribution in [0.25, 0.3) is 0 Å². The van der Waals surface area contributed by atoms with Crippen LogP contribution in [0.3, 0.4) is 0 Å². The number of aryl methyl sites for hydroxylation is 1. The summed E-state index contributed by atoms with van der Waals surface area (Å²) in [5.41, 5.74) is 6.26. The third kappa shape index (κ3) is 4.72. The van der Waals surface area contributed by atoms with Crippen molar-refractivity contribution in [2.24, 2.45) is 5.73 Å². The van der Waals surface area contributed by atoms with Gasteiger partial charge in [0.15, 0.2) is 6.67 Å². The fraction of sp³-hybridized carbons (Fsp3) is 0.438. The topological polar surface area (TPSA) is 70.3 Å². The molecule has 0 saturated carbocycles. The van der Waals surface area contributed by atoms with Gasteiger partial charge in [0.2, 0.25) is 10.7 Å². The Morgan fingerprint density at radius 2 is 2.04 bits per heavy atom. The summed E-state index contributed by atoms with van der Waals surface area (Å²) in [6, 6.07) is 6.48. The minimum absolute atomic E-state index is 0.237. The minimum Gasteiger partial charge on any atom is -0.370 e. The molecule has 0 fully saturated rings. The number of carbonyl (C=O) groups excluding carboxylic acids is 1. The maximum atomic E-state index is 13.0. The predicted molar refractivity (Wildman–Crippen MR) is 91.2 cm³/mol. The number of nitrogens with two attached hydrogens (primary N) is 1. The number of hydrogen-bond acceptors (Lipinski definition) is 3. The molecule has 0 aliphatic carbocycles. The van der Waals surface area contributed by atoms with Crippen LogP contribution in [0.15, 0.2) is 24.3 Å². The van der Waals surface area contributed by atoms with Crippen molar-refractivity contribution in [1.82, 2.24) is 14.3 Å². The molecule has 0 saturated heterocycles. The van der Waals surface area contributed by atoms with E-state index in [9.17, 15) is 9.18 Å². The number of aromatic nitrogens is 3. The third-order valence-corrected chi connectivity index (χ3v) is 4.18. The van der Waals surface area contributed by atoms with E-state index in [1.54, 1.807) is 16.8 Å². The van der Waals surface area contributed by atoms with Crippen molar-refractivity contribution in [3.8, 4) is 0 Å². The van der Waals surface area contributed by atoms with Gasteiger partial charge in [0.1, 0.15) is 18.2 Å². The lowest BCUT2D eigenvalue weighted by atomic mass is 10.2. The Morgan fingerprint density at radius 1 is 1.38 bits per heavy atom. The van der Waals surface area contributed by atoms with E-state index in [2.05, 4.69) is 5.10 Å². The van der Waals surface area contributed by atoms with Crippen LogP contribution in [-0.4, -0.2) is 27.3 Å². The zero-order valence-corrected chi connectivity index (χ0v) is 14.8. The average Bonchev–Trinajstić information content (AvgIpc) is 2.83. The molecule has 2 aromatic rings. The first kappa shape index (κ1) is 18.3. The van der Waals surface area contributed by atoms with Gasteiger partial charge >= 0.3 is 0 Å². The lowest BCUT2D eigenvalue weighted by molar-refractivity contribution is -0.917. The van der Waals surface area contributed by atoms with E-state index >= 15 is 0 Å². The number of primary amides is 1. The summed E-state index contributed by atoms with van der Waals surface area (Å²) in [5.74, 6) is 0.187. The second kappa shape index (κ2) is 8.16. The van der Waals surface area contributed by atoms with Crippen molar-refractivity contribution in [2.75, 3.05) is 7.05 Å². The van der Waals surface area contributed by atoms with Crippen LogP contribution < -0.4 is 10.6 Å². The molecule has 24 heavy (non-hydrogen) atoms. The molecule has 0 radical (unpaired) electrons. The summed E-state index contributed by atoms with van der Waals surface area (Å²) in [4.78, 5) is 12.2. The Morgan fingerprint density at radius 3 is 2.62 bits per heavy atom. The van der Waals surface area contributed by atoms with E-state index in [4.69, 9.17) is 18.0 Å². The van der Waals surface area contributed by atoms with Crippen LogP contribution in [0, 0.1) is 10.6 Å². The number of halogens is 1. The molecule has 1 heterocycles. The van der Waals surface area contributed by atoms with E-state index in [1.165, 1.54) is 17.0 Å². The number of benzene rings is 1. The lowest BCUT2D eigenvalue weighted by Crippen LogP contribution is -3.07. The molecule has 8 heteroatoms. The summed E-state index contributed by atoms with van der Waals surface area (Å²) in [7, 11) is 2.03. The number of carbonyl (C=O) groups is 1. The first-order valence-corrected chi connectivity index (χ1v) is 8.32. The molecule has 0 aliphatic heterocycles. The van der Waals surface area contributed by atoms with Gasteiger partial charge in [0.25, 0.3) is 0 Å². The van der Waals surface area contributed by atoms with Crippen molar-refractivity contribution in [1.29, 1.82) is 0 Å². The second-order valence-electron chi connectivity index (χ2n) is 5.83. The third-order valence-electron chi connectivity index (χ3n) is 3.75. The van der Waals surface area contributed by atoms with Crippen LogP contribution in [0.5, 0.6) is 0 Å². The highest BCUT2D eigenvalue weighted by molar-refractivity contribution is 7.71. The highest BCUT2D eigenvalue weighted by atomic mass is 32.1. The van der Waals surface area contributed by atoms with Crippen molar-refractivity contribution >= 4 is 18.1 Å². The van der Waals surface area contributed by atoms with Gasteiger partial charge in [-0.15, -0.1) is 0 Å². The molecule has 0 spiro atoms. The fourth-order valence-electron chi connectivity index (χ4n) is 2.59. The van der Waals surface area contributed by atoms with E-state index < -0.39 is 0 Å². The van der Waals surface area contributed by atoms with Crippen molar-refractivity contribution in [3.63, 3.8) is 0 Å². The summed E-state index contributed by atoms with van der Waals surface area (Å²) >= 11 is 5.48. The zero-order chi connectivity index (χ0) is 17.7. The van der Waals surface area contributed by atoms with Crippen LogP contribution >= 0.6 is 12.2 Å². The van der Waals surface area contributed by atoms with E-state index in [0.717, 1.165) is 17.9 Å². The molecule has 0 aliphatic rings. The largest absolute Gasteiger partial charge is 0.370 e. The number of amides is 1. The quantitative estimate of drug-likeness (QED) is 0.686. The Hall–Kier alpha value is -2.06. The predicted octanol–water partition coefficient (Wildman–Crippen LogP) is 0.663. The molecule has 2 rings (SSSR count). The molecule has 130 valence electrons. The van der Waals surface area contributed by atoms with Crippen molar-refractivity contribution in [2.45, 2.75) is 39.5 Å². The monoisotopic (exact) mass is 352 g/mol. The highest BCUT2D eigenvalue weighted by Crippen LogP contribution is 2.04.